The molecule has 0 aromatic heterocycles. The standard InChI is InChI=1S/C16H28O4S/c1-3-20-12-5-4-6-13(9-12)21-15-10-11(19-2)7-8-14(15)16(17)18/h11-15H,3-10H2,1-2H3,(H,17,18). The van der Waals surface area contributed by atoms with E-state index < -0.39 is 5.97 Å². The van der Waals surface area contributed by atoms with Crippen LogP contribution in [0.25, 0.3) is 0 Å². The number of carbonyl (C=O) groups is 1. The zero-order valence-electron chi connectivity index (χ0n) is 13.1. The van der Waals surface area contributed by atoms with E-state index in [1.165, 1.54) is 12.8 Å². The highest BCUT2D eigenvalue weighted by molar-refractivity contribution is 8.00. The third-order valence-corrected chi connectivity index (χ3v) is 6.43. The summed E-state index contributed by atoms with van der Waals surface area (Å²) in [5, 5.41) is 10.2. The van der Waals surface area contributed by atoms with Crippen LogP contribution in [0.5, 0.6) is 0 Å². The van der Waals surface area contributed by atoms with Gasteiger partial charge >= 0.3 is 5.97 Å². The van der Waals surface area contributed by atoms with Gasteiger partial charge in [-0.05, 0) is 51.9 Å². The van der Waals surface area contributed by atoms with Crippen molar-refractivity contribution in [3.05, 3.63) is 0 Å². The first-order valence-corrected chi connectivity index (χ1v) is 9.11. The lowest BCUT2D eigenvalue weighted by atomic mass is 9.87. The summed E-state index contributed by atoms with van der Waals surface area (Å²) in [5.74, 6) is -0.854. The van der Waals surface area contributed by atoms with Crippen molar-refractivity contribution < 1.29 is 19.4 Å². The summed E-state index contributed by atoms with van der Waals surface area (Å²) >= 11 is 1.89. The van der Waals surface area contributed by atoms with Crippen LogP contribution in [-0.2, 0) is 14.3 Å². The summed E-state index contributed by atoms with van der Waals surface area (Å²) in [4.78, 5) is 11.5. The highest BCUT2D eigenvalue weighted by atomic mass is 32.2. The Bertz CT molecular complexity index is 334. The molecule has 2 fully saturated rings. The molecule has 0 aliphatic heterocycles. The normalized spacial score (nSPS) is 37.3. The molecule has 4 nitrogen and oxygen atoms in total. The topological polar surface area (TPSA) is 55.8 Å². The Balaban J connectivity index is 1.92. The van der Waals surface area contributed by atoms with Crippen LogP contribution in [0.15, 0.2) is 0 Å². The van der Waals surface area contributed by atoms with Gasteiger partial charge in [0, 0.05) is 24.2 Å². The van der Waals surface area contributed by atoms with Crippen LogP contribution in [0.1, 0.15) is 51.9 Å². The number of carboxylic acid groups (broad SMARTS) is 1. The van der Waals surface area contributed by atoms with Gasteiger partial charge in [0.25, 0.3) is 0 Å². The number of methoxy groups -OCH3 is 1. The molecule has 0 radical (unpaired) electrons. The van der Waals surface area contributed by atoms with Crippen molar-refractivity contribution in [3.63, 3.8) is 0 Å². The second kappa shape index (κ2) is 8.39. The van der Waals surface area contributed by atoms with Crippen molar-refractivity contribution in [2.75, 3.05) is 13.7 Å². The van der Waals surface area contributed by atoms with Crippen molar-refractivity contribution >= 4 is 17.7 Å². The van der Waals surface area contributed by atoms with Crippen LogP contribution in [0.2, 0.25) is 0 Å². The first kappa shape index (κ1) is 17.1. The molecule has 5 heteroatoms. The molecule has 2 aliphatic carbocycles. The molecule has 0 saturated heterocycles. The van der Waals surface area contributed by atoms with Crippen LogP contribution in [0.3, 0.4) is 0 Å². The van der Waals surface area contributed by atoms with E-state index in [9.17, 15) is 9.90 Å². The van der Waals surface area contributed by atoms with Gasteiger partial charge in [0.15, 0.2) is 0 Å². The zero-order valence-corrected chi connectivity index (χ0v) is 13.9. The van der Waals surface area contributed by atoms with E-state index in [2.05, 4.69) is 0 Å². The number of hydrogen-bond donors (Lipinski definition) is 1. The highest BCUT2D eigenvalue weighted by Gasteiger charge is 2.37. The van der Waals surface area contributed by atoms with Crippen molar-refractivity contribution in [1.82, 2.24) is 0 Å². The summed E-state index contributed by atoms with van der Waals surface area (Å²) < 4.78 is 11.2. The number of ether oxygens (including phenoxy) is 2. The SMILES string of the molecule is CCOC1CCCC(SC2CC(OC)CCC2C(=O)O)C1. The zero-order chi connectivity index (χ0) is 15.2. The fourth-order valence-corrected chi connectivity index (χ4v) is 5.49. The number of carboxylic acids is 1. The first-order valence-electron chi connectivity index (χ1n) is 8.16. The number of rotatable bonds is 6. The maximum Gasteiger partial charge on any atom is 0.307 e. The van der Waals surface area contributed by atoms with E-state index in [0.29, 0.717) is 11.4 Å². The van der Waals surface area contributed by atoms with Gasteiger partial charge in [-0.2, -0.15) is 11.8 Å². The summed E-state index contributed by atoms with van der Waals surface area (Å²) in [6.45, 7) is 2.82. The molecule has 122 valence electrons. The molecule has 0 aromatic rings. The van der Waals surface area contributed by atoms with Gasteiger partial charge in [0.1, 0.15) is 0 Å². The smallest absolute Gasteiger partial charge is 0.307 e. The van der Waals surface area contributed by atoms with Gasteiger partial charge in [-0.3, -0.25) is 4.79 Å². The van der Waals surface area contributed by atoms with Gasteiger partial charge in [0.2, 0.25) is 0 Å². The maximum absolute atomic E-state index is 11.5. The van der Waals surface area contributed by atoms with Crippen LogP contribution in [0, 0.1) is 5.92 Å². The molecule has 2 aliphatic rings. The lowest BCUT2D eigenvalue weighted by Crippen LogP contribution is -2.37. The van der Waals surface area contributed by atoms with Crippen molar-refractivity contribution in [3.8, 4) is 0 Å². The highest BCUT2D eigenvalue weighted by Crippen LogP contribution is 2.41. The second-order valence-electron chi connectivity index (χ2n) is 6.16. The lowest BCUT2D eigenvalue weighted by Gasteiger charge is -2.37. The Morgan fingerprint density at radius 2 is 2.00 bits per heavy atom. The molecule has 5 unspecified atom stereocenters. The number of hydrogen-bond acceptors (Lipinski definition) is 4. The van der Waals surface area contributed by atoms with Crippen LogP contribution < -0.4 is 0 Å². The van der Waals surface area contributed by atoms with Gasteiger partial charge in [-0.15, -0.1) is 0 Å². The molecule has 21 heavy (non-hydrogen) atoms. The molecule has 1 N–H and O–H groups in total. The van der Waals surface area contributed by atoms with Gasteiger partial charge in [-0.25, -0.2) is 0 Å². The van der Waals surface area contributed by atoms with E-state index in [1.807, 2.05) is 18.7 Å². The quantitative estimate of drug-likeness (QED) is 0.814. The fourth-order valence-electron chi connectivity index (χ4n) is 3.60. The Morgan fingerprint density at radius 1 is 1.19 bits per heavy atom. The Morgan fingerprint density at radius 3 is 2.67 bits per heavy atom. The molecule has 0 aromatic carbocycles. The van der Waals surface area contributed by atoms with Gasteiger partial charge in [-0.1, -0.05) is 0 Å². The molecular formula is C16H28O4S. The minimum atomic E-state index is -0.640. The Hall–Kier alpha value is -0.260. The Labute approximate surface area is 132 Å². The third kappa shape index (κ3) is 4.86. The maximum atomic E-state index is 11.5. The summed E-state index contributed by atoms with van der Waals surface area (Å²) in [5.41, 5.74) is 0. The molecule has 2 saturated carbocycles. The van der Waals surface area contributed by atoms with Crippen LogP contribution >= 0.6 is 11.8 Å². The van der Waals surface area contributed by atoms with Crippen LogP contribution in [0.4, 0.5) is 0 Å². The predicted octanol–water partition coefficient (Wildman–Crippen LogP) is 3.34. The average molecular weight is 316 g/mol. The molecule has 0 spiro atoms. The molecule has 5 atom stereocenters. The van der Waals surface area contributed by atoms with E-state index in [-0.39, 0.29) is 17.3 Å². The minimum Gasteiger partial charge on any atom is -0.481 e. The van der Waals surface area contributed by atoms with Gasteiger partial charge in [0.05, 0.1) is 18.1 Å². The third-order valence-electron chi connectivity index (χ3n) is 4.74. The van der Waals surface area contributed by atoms with E-state index in [0.717, 1.165) is 38.7 Å². The lowest BCUT2D eigenvalue weighted by molar-refractivity contribution is -0.143. The van der Waals surface area contributed by atoms with E-state index >= 15 is 0 Å². The average Bonchev–Trinajstić information content (AvgIpc) is 2.47. The largest absolute Gasteiger partial charge is 0.481 e. The minimum absolute atomic E-state index is 0.187. The molecule has 2 rings (SSSR count). The van der Waals surface area contributed by atoms with Crippen molar-refractivity contribution in [2.24, 2.45) is 5.92 Å². The van der Waals surface area contributed by atoms with Gasteiger partial charge < -0.3 is 14.6 Å². The molecular weight excluding hydrogens is 288 g/mol. The Kier molecular flexibility index (Phi) is 6.83. The molecule has 0 heterocycles. The fraction of sp³-hybridized carbons (Fsp3) is 0.938. The summed E-state index contributed by atoms with van der Waals surface area (Å²) in [6, 6.07) is 0. The second-order valence-corrected chi connectivity index (χ2v) is 7.70. The van der Waals surface area contributed by atoms with E-state index in [1.54, 1.807) is 7.11 Å². The van der Waals surface area contributed by atoms with Crippen molar-refractivity contribution in [1.29, 1.82) is 0 Å². The summed E-state index contributed by atoms with van der Waals surface area (Å²) in [7, 11) is 1.74. The first-order chi connectivity index (χ1) is 10.1. The number of thioether (sulfide) groups is 1. The monoisotopic (exact) mass is 316 g/mol. The summed E-state index contributed by atoms with van der Waals surface area (Å²) in [6.07, 6.45) is 7.68. The van der Waals surface area contributed by atoms with Crippen molar-refractivity contribution in [2.45, 2.75) is 74.6 Å². The van der Waals surface area contributed by atoms with E-state index in [4.69, 9.17) is 9.47 Å². The predicted molar refractivity (Wildman–Crippen MR) is 84.8 cm³/mol. The van der Waals surface area contributed by atoms with Crippen LogP contribution in [-0.4, -0.2) is 47.5 Å². The molecule has 0 bridgehead atoms. The number of aliphatic carboxylic acids is 1. The molecule has 0 amide bonds.